The fourth-order valence-electron chi connectivity index (χ4n) is 1.75. The van der Waals surface area contributed by atoms with Gasteiger partial charge in [-0.1, -0.05) is 12.1 Å². The molecule has 5 heteroatoms. The fraction of sp³-hybridized carbons (Fsp3) is 0.250. The molecule has 2 amide bonds. The van der Waals surface area contributed by atoms with E-state index in [0.717, 1.165) is 4.90 Å². The van der Waals surface area contributed by atoms with E-state index in [1.54, 1.807) is 24.3 Å². The Labute approximate surface area is 103 Å². The van der Waals surface area contributed by atoms with Gasteiger partial charge in [-0.05, 0) is 12.1 Å². The van der Waals surface area contributed by atoms with E-state index in [9.17, 15) is 14.4 Å². The number of halogens is 1. The largest absolute Gasteiger partial charge is 0.298 e. The molecule has 4 nitrogen and oxygen atoms in total. The van der Waals surface area contributed by atoms with E-state index in [4.69, 9.17) is 11.6 Å². The number of carbonyl (C=O) groups is 3. The van der Waals surface area contributed by atoms with Crippen LogP contribution in [0.4, 0.5) is 0 Å². The second-order valence-corrected chi connectivity index (χ2v) is 4.00. The number of hydrogen-bond donors (Lipinski definition) is 0. The van der Waals surface area contributed by atoms with Crippen LogP contribution in [0.25, 0.3) is 0 Å². The summed E-state index contributed by atoms with van der Waals surface area (Å²) in [5.74, 6) is -0.951. The Kier molecular flexibility index (Phi) is 3.24. The number of alkyl halides is 1. The molecule has 0 aliphatic carbocycles. The number of hydrogen-bond acceptors (Lipinski definition) is 3. The van der Waals surface area contributed by atoms with Crippen molar-refractivity contribution in [1.29, 1.82) is 0 Å². The van der Waals surface area contributed by atoms with Crippen molar-refractivity contribution in [2.75, 3.05) is 12.4 Å². The molecule has 0 aromatic heterocycles. The van der Waals surface area contributed by atoms with E-state index < -0.39 is 0 Å². The fourth-order valence-corrected chi connectivity index (χ4v) is 1.88. The van der Waals surface area contributed by atoms with Gasteiger partial charge in [-0.15, -0.1) is 11.6 Å². The molecule has 0 unspecified atom stereocenters. The molecule has 0 fully saturated rings. The molecular formula is C12H10ClNO3. The van der Waals surface area contributed by atoms with Gasteiger partial charge in [-0.2, -0.15) is 0 Å². The third-order valence-corrected chi connectivity index (χ3v) is 2.94. The van der Waals surface area contributed by atoms with Gasteiger partial charge in [0.1, 0.15) is 5.78 Å². The maximum Gasteiger partial charge on any atom is 0.261 e. The molecule has 1 heterocycles. The molecule has 0 radical (unpaired) electrons. The number of nitrogens with zero attached hydrogens (tertiary/aromatic N) is 1. The van der Waals surface area contributed by atoms with Crippen molar-refractivity contribution in [1.82, 2.24) is 4.90 Å². The predicted octanol–water partition coefficient (Wildman–Crippen LogP) is 1.48. The highest BCUT2D eigenvalue weighted by Crippen LogP contribution is 2.22. The van der Waals surface area contributed by atoms with E-state index in [-0.39, 0.29) is 36.4 Å². The van der Waals surface area contributed by atoms with Gasteiger partial charge in [-0.25, -0.2) is 0 Å². The molecule has 1 aliphatic heterocycles. The average molecular weight is 252 g/mol. The average Bonchev–Trinajstić information content (AvgIpc) is 2.60. The van der Waals surface area contributed by atoms with Crippen molar-refractivity contribution in [2.24, 2.45) is 0 Å². The van der Waals surface area contributed by atoms with Gasteiger partial charge in [-0.3, -0.25) is 19.3 Å². The molecule has 1 aromatic rings. The number of amides is 2. The van der Waals surface area contributed by atoms with Crippen LogP contribution in [0, 0.1) is 0 Å². The van der Waals surface area contributed by atoms with Crippen LogP contribution >= 0.6 is 11.6 Å². The summed E-state index contributed by atoms with van der Waals surface area (Å²) < 4.78 is 0. The third kappa shape index (κ3) is 2.08. The molecule has 88 valence electrons. The van der Waals surface area contributed by atoms with Gasteiger partial charge in [0.05, 0.1) is 17.0 Å². The van der Waals surface area contributed by atoms with Crippen molar-refractivity contribution >= 4 is 29.2 Å². The van der Waals surface area contributed by atoms with E-state index in [0.29, 0.717) is 11.1 Å². The van der Waals surface area contributed by atoms with Crippen LogP contribution in [-0.2, 0) is 4.79 Å². The zero-order valence-corrected chi connectivity index (χ0v) is 9.74. The van der Waals surface area contributed by atoms with Crippen molar-refractivity contribution in [3.63, 3.8) is 0 Å². The molecule has 0 bridgehead atoms. The molecule has 0 N–H and O–H groups in total. The minimum absolute atomic E-state index is 0.0941. The number of benzene rings is 1. The Morgan fingerprint density at radius 1 is 1.12 bits per heavy atom. The zero-order valence-electron chi connectivity index (χ0n) is 8.98. The second kappa shape index (κ2) is 4.67. The first-order chi connectivity index (χ1) is 8.15. The molecule has 0 saturated carbocycles. The van der Waals surface area contributed by atoms with Crippen molar-refractivity contribution in [3.05, 3.63) is 35.4 Å². The third-order valence-electron chi connectivity index (χ3n) is 2.64. The molecule has 0 spiro atoms. The second-order valence-electron chi connectivity index (χ2n) is 3.73. The number of rotatable bonds is 4. The molecule has 2 rings (SSSR count). The summed E-state index contributed by atoms with van der Waals surface area (Å²) in [7, 11) is 0. The summed E-state index contributed by atoms with van der Waals surface area (Å²) in [6.07, 6.45) is 0.106. The highest BCUT2D eigenvalue weighted by molar-refractivity contribution is 6.27. The Morgan fingerprint density at radius 3 is 2.12 bits per heavy atom. The van der Waals surface area contributed by atoms with Gasteiger partial charge in [0, 0.05) is 13.0 Å². The van der Waals surface area contributed by atoms with Gasteiger partial charge in [0.15, 0.2) is 0 Å². The van der Waals surface area contributed by atoms with E-state index in [2.05, 4.69) is 0 Å². The summed E-state index contributed by atoms with van der Waals surface area (Å²) in [4.78, 5) is 35.9. The molecule has 0 atom stereocenters. The normalized spacial score (nSPS) is 14.1. The van der Waals surface area contributed by atoms with Crippen LogP contribution < -0.4 is 0 Å². The highest BCUT2D eigenvalue weighted by Gasteiger charge is 2.34. The minimum atomic E-state index is -0.340. The van der Waals surface area contributed by atoms with Crippen molar-refractivity contribution in [2.45, 2.75) is 6.42 Å². The SMILES string of the molecule is O=C(CCl)CCN1C(=O)c2ccccc2C1=O. The number of Topliss-reactive ketones (excluding diaryl/α,β-unsaturated/α-hetero) is 1. The Bertz CT molecular complexity index is 463. The topological polar surface area (TPSA) is 54.5 Å². The number of ketones is 1. The molecule has 17 heavy (non-hydrogen) atoms. The number of fused-ring (bicyclic) bond motifs is 1. The first-order valence-corrected chi connectivity index (χ1v) is 5.71. The van der Waals surface area contributed by atoms with Crippen molar-refractivity contribution in [3.8, 4) is 0 Å². The Morgan fingerprint density at radius 2 is 1.65 bits per heavy atom. The van der Waals surface area contributed by atoms with Gasteiger partial charge in [0.25, 0.3) is 11.8 Å². The summed E-state index contributed by atoms with van der Waals surface area (Å²) >= 11 is 5.36. The van der Waals surface area contributed by atoms with Crippen molar-refractivity contribution < 1.29 is 14.4 Å². The Balaban J connectivity index is 2.16. The van der Waals surface area contributed by atoms with Gasteiger partial charge in [0.2, 0.25) is 0 Å². The van der Waals surface area contributed by atoms with Crippen LogP contribution in [0.15, 0.2) is 24.3 Å². The molecule has 1 aliphatic rings. The lowest BCUT2D eigenvalue weighted by Crippen LogP contribution is -2.32. The standard InChI is InChI=1S/C12H10ClNO3/c13-7-8(15)5-6-14-11(16)9-3-1-2-4-10(9)12(14)17/h1-4H,5-7H2. The van der Waals surface area contributed by atoms with E-state index in [1.165, 1.54) is 0 Å². The van der Waals surface area contributed by atoms with E-state index in [1.807, 2.05) is 0 Å². The lowest BCUT2D eigenvalue weighted by molar-refractivity contribution is -0.116. The first-order valence-electron chi connectivity index (χ1n) is 5.18. The van der Waals surface area contributed by atoms with Crippen LogP contribution in [0.2, 0.25) is 0 Å². The van der Waals surface area contributed by atoms with Crippen LogP contribution in [0.3, 0.4) is 0 Å². The summed E-state index contributed by atoms with van der Waals surface area (Å²) in [6.45, 7) is 0.0951. The first kappa shape index (κ1) is 11.8. The molecule has 1 aromatic carbocycles. The van der Waals surface area contributed by atoms with Crippen LogP contribution in [0.5, 0.6) is 0 Å². The quantitative estimate of drug-likeness (QED) is 0.602. The predicted molar refractivity (Wildman–Crippen MR) is 62.2 cm³/mol. The van der Waals surface area contributed by atoms with Gasteiger partial charge >= 0.3 is 0 Å². The molecule has 0 saturated heterocycles. The smallest absolute Gasteiger partial charge is 0.261 e. The van der Waals surface area contributed by atoms with E-state index >= 15 is 0 Å². The lowest BCUT2D eigenvalue weighted by Gasteiger charge is -2.12. The lowest BCUT2D eigenvalue weighted by atomic mass is 10.1. The summed E-state index contributed by atoms with van der Waals surface area (Å²) in [5, 5.41) is 0. The van der Waals surface area contributed by atoms with Gasteiger partial charge < -0.3 is 0 Å². The van der Waals surface area contributed by atoms with Crippen LogP contribution in [-0.4, -0.2) is 34.9 Å². The highest BCUT2D eigenvalue weighted by atomic mass is 35.5. The summed E-state index contributed by atoms with van der Waals surface area (Å²) in [6, 6.07) is 6.63. The summed E-state index contributed by atoms with van der Waals surface area (Å²) in [5.41, 5.74) is 0.798. The Hall–Kier alpha value is -1.68. The maximum atomic E-state index is 11.9. The maximum absolute atomic E-state index is 11.9. The zero-order chi connectivity index (χ0) is 12.4. The number of carbonyl (C=O) groups excluding carboxylic acids is 3. The molecular weight excluding hydrogens is 242 g/mol. The monoisotopic (exact) mass is 251 g/mol. The minimum Gasteiger partial charge on any atom is -0.298 e. The number of imide groups is 1. The van der Waals surface area contributed by atoms with Crippen LogP contribution in [0.1, 0.15) is 27.1 Å².